The Labute approximate surface area is 195 Å². The Bertz CT molecular complexity index is 1210. The first-order valence-corrected chi connectivity index (χ1v) is 13.0. The summed E-state index contributed by atoms with van der Waals surface area (Å²) in [4.78, 5) is 14.4. The molecule has 9 nitrogen and oxygen atoms in total. The normalized spacial score (nSPS) is 21.3. The summed E-state index contributed by atoms with van der Waals surface area (Å²) in [5, 5.41) is 14.8. The van der Waals surface area contributed by atoms with Crippen LogP contribution in [0, 0.1) is 5.82 Å². The Kier molecular flexibility index (Phi) is 6.36. The fraction of sp³-hybridized carbons (Fsp3) is 0.381. The number of sulfonamides is 1. The van der Waals surface area contributed by atoms with Crippen molar-refractivity contribution in [1.82, 2.24) is 9.21 Å². The molecule has 0 saturated carbocycles. The van der Waals surface area contributed by atoms with Gasteiger partial charge >= 0.3 is 6.03 Å². The van der Waals surface area contributed by atoms with Gasteiger partial charge < -0.3 is 20.9 Å². The summed E-state index contributed by atoms with van der Waals surface area (Å²) in [5.74, 6) is -0.322. The van der Waals surface area contributed by atoms with Crippen LogP contribution in [0.3, 0.4) is 0 Å². The average molecular weight is 497 g/mol. The zero-order chi connectivity index (χ0) is 23.9. The lowest BCUT2D eigenvalue weighted by atomic mass is 10.1. The highest BCUT2D eigenvalue weighted by atomic mass is 32.2. The Hall–Kier alpha value is -2.67. The molecule has 12 heteroatoms. The number of amides is 2. The number of ether oxygens (including phenoxy) is 1. The highest BCUT2D eigenvalue weighted by molar-refractivity contribution is 7.88. The summed E-state index contributed by atoms with van der Waals surface area (Å²) in [7, 11) is -3.53. The predicted octanol–water partition coefficient (Wildman–Crippen LogP) is 2.36. The number of nitrogens with one attached hydrogen (secondary N) is 1. The number of nitrogens with zero attached hydrogens (tertiary/aromatic N) is 2. The van der Waals surface area contributed by atoms with E-state index >= 15 is 0 Å². The molecule has 1 aromatic carbocycles. The van der Waals surface area contributed by atoms with E-state index in [-0.39, 0.29) is 25.3 Å². The largest absolute Gasteiger partial charge is 0.487 e. The standard InChI is InChI=1S/C21H25FN4O5S2/c1-12-20(16-5-6-32-19(16)10-25(12)21(23)28)24-17-4-3-13(22)7-18(17)31-15-8-14(11-27)26(9-15)33(2,29)30/h3-7,14-15,24,27H,8-11H2,1-2H3,(H2,23,28). The number of rotatable bonds is 6. The molecule has 2 unspecified atom stereocenters. The molecule has 0 aliphatic carbocycles. The summed E-state index contributed by atoms with van der Waals surface area (Å²) in [5.41, 5.74) is 8.18. The summed E-state index contributed by atoms with van der Waals surface area (Å²) in [6.45, 7) is 1.85. The van der Waals surface area contributed by atoms with Crippen molar-refractivity contribution in [3.63, 3.8) is 0 Å². The minimum absolute atomic E-state index is 0.0475. The molecule has 2 aliphatic rings. The molecule has 2 aromatic rings. The van der Waals surface area contributed by atoms with Gasteiger partial charge in [-0.3, -0.25) is 4.90 Å². The number of aliphatic hydroxyl groups is 1. The van der Waals surface area contributed by atoms with Gasteiger partial charge in [0.2, 0.25) is 10.0 Å². The highest BCUT2D eigenvalue weighted by Crippen LogP contribution is 2.38. The minimum Gasteiger partial charge on any atom is -0.487 e. The van der Waals surface area contributed by atoms with Crippen molar-refractivity contribution in [2.45, 2.75) is 32.0 Å². The molecule has 0 radical (unpaired) electrons. The van der Waals surface area contributed by atoms with E-state index in [2.05, 4.69) is 5.32 Å². The van der Waals surface area contributed by atoms with Gasteiger partial charge in [0, 0.05) is 28.6 Å². The molecule has 1 fully saturated rings. The molecule has 2 aliphatic heterocycles. The summed E-state index contributed by atoms with van der Waals surface area (Å²) >= 11 is 1.50. The molecule has 3 heterocycles. The monoisotopic (exact) mass is 496 g/mol. The van der Waals surface area contributed by atoms with Crippen LogP contribution in [0.25, 0.3) is 5.70 Å². The number of carbonyl (C=O) groups excluding carboxylic acids is 1. The average Bonchev–Trinajstić information content (AvgIpc) is 3.37. The van der Waals surface area contributed by atoms with Crippen molar-refractivity contribution in [1.29, 1.82) is 0 Å². The number of fused-ring (bicyclic) bond motifs is 1. The van der Waals surface area contributed by atoms with E-state index in [1.165, 1.54) is 38.7 Å². The molecule has 2 atom stereocenters. The molecule has 2 amide bonds. The van der Waals surface area contributed by atoms with Crippen LogP contribution in [0.15, 0.2) is 35.3 Å². The quantitative estimate of drug-likeness (QED) is 0.564. The van der Waals surface area contributed by atoms with Crippen molar-refractivity contribution in [2.24, 2.45) is 5.73 Å². The van der Waals surface area contributed by atoms with Crippen molar-refractivity contribution in [2.75, 3.05) is 24.7 Å². The van der Waals surface area contributed by atoms with Gasteiger partial charge in [0.25, 0.3) is 0 Å². The van der Waals surface area contributed by atoms with Gasteiger partial charge in [0.15, 0.2) is 0 Å². The molecule has 0 spiro atoms. The number of primary amides is 1. The molecule has 1 aromatic heterocycles. The Morgan fingerprint density at radius 3 is 2.79 bits per heavy atom. The molecule has 178 valence electrons. The van der Waals surface area contributed by atoms with Crippen molar-refractivity contribution in [3.05, 3.63) is 51.6 Å². The number of aliphatic hydroxyl groups excluding tert-OH is 1. The number of nitrogens with two attached hydrogens (primary N) is 1. The third-order valence-electron chi connectivity index (χ3n) is 5.81. The van der Waals surface area contributed by atoms with Crippen molar-refractivity contribution >= 4 is 38.8 Å². The lowest BCUT2D eigenvalue weighted by Crippen LogP contribution is -2.37. The van der Waals surface area contributed by atoms with Crippen LogP contribution in [-0.2, 0) is 16.6 Å². The second-order valence-corrected chi connectivity index (χ2v) is 11.0. The molecule has 1 saturated heterocycles. The molecule has 4 rings (SSSR count). The first-order valence-electron chi connectivity index (χ1n) is 10.2. The maximum atomic E-state index is 14.1. The van der Waals surface area contributed by atoms with E-state index in [1.807, 2.05) is 11.4 Å². The fourth-order valence-corrected chi connectivity index (χ4v) is 6.19. The summed E-state index contributed by atoms with van der Waals surface area (Å²) < 4.78 is 45.4. The Morgan fingerprint density at radius 1 is 1.39 bits per heavy atom. The van der Waals surface area contributed by atoms with Gasteiger partial charge in [-0.05, 0) is 30.5 Å². The molecule has 33 heavy (non-hydrogen) atoms. The van der Waals surface area contributed by atoms with E-state index < -0.39 is 34.0 Å². The molecular formula is C21H25FN4O5S2. The van der Waals surface area contributed by atoms with Gasteiger partial charge in [-0.2, -0.15) is 4.31 Å². The molecular weight excluding hydrogens is 471 g/mol. The number of urea groups is 1. The van der Waals surface area contributed by atoms with Crippen LogP contribution in [0.1, 0.15) is 23.8 Å². The van der Waals surface area contributed by atoms with Gasteiger partial charge in [0.05, 0.1) is 43.4 Å². The van der Waals surface area contributed by atoms with E-state index in [4.69, 9.17) is 10.5 Å². The first-order chi connectivity index (χ1) is 15.6. The highest BCUT2D eigenvalue weighted by Gasteiger charge is 2.38. The SMILES string of the molecule is CC1=C(Nc2ccc(F)cc2OC2CC(CO)N(S(C)(=O)=O)C2)c2ccsc2CN1C(N)=O. The van der Waals surface area contributed by atoms with Gasteiger partial charge in [-0.15, -0.1) is 11.3 Å². The smallest absolute Gasteiger partial charge is 0.319 e. The second-order valence-electron chi connectivity index (χ2n) is 8.05. The summed E-state index contributed by atoms with van der Waals surface area (Å²) in [6, 6.07) is 4.77. The Balaban J connectivity index is 1.65. The van der Waals surface area contributed by atoms with E-state index in [1.54, 1.807) is 6.92 Å². The number of thiophene rings is 1. The second kappa shape index (κ2) is 8.93. The number of anilines is 1. The third kappa shape index (κ3) is 4.69. The summed E-state index contributed by atoms with van der Waals surface area (Å²) in [6.07, 6.45) is 0.777. The lowest BCUT2D eigenvalue weighted by molar-refractivity contribution is 0.204. The first kappa shape index (κ1) is 23.5. The zero-order valence-electron chi connectivity index (χ0n) is 18.1. The van der Waals surface area contributed by atoms with Gasteiger partial charge in [0.1, 0.15) is 17.7 Å². The number of hydrogen-bond acceptors (Lipinski definition) is 7. The minimum atomic E-state index is -3.53. The van der Waals surface area contributed by atoms with Crippen LogP contribution in [0.5, 0.6) is 5.75 Å². The van der Waals surface area contributed by atoms with Crippen LogP contribution in [0.2, 0.25) is 0 Å². The van der Waals surface area contributed by atoms with Crippen LogP contribution >= 0.6 is 11.3 Å². The predicted molar refractivity (Wildman–Crippen MR) is 124 cm³/mol. The van der Waals surface area contributed by atoms with Gasteiger partial charge in [-0.1, -0.05) is 0 Å². The third-order valence-corrected chi connectivity index (χ3v) is 8.01. The maximum absolute atomic E-state index is 14.1. The number of halogens is 1. The number of allylic oxidation sites excluding steroid dienone is 1. The zero-order valence-corrected chi connectivity index (χ0v) is 19.7. The fourth-order valence-electron chi connectivity index (χ4n) is 4.19. The van der Waals surface area contributed by atoms with Gasteiger partial charge in [-0.25, -0.2) is 17.6 Å². The lowest BCUT2D eigenvalue weighted by Gasteiger charge is -2.30. The topological polar surface area (TPSA) is 125 Å². The van der Waals surface area contributed by atoms with Crippen LogP contribution < -0.4 is 15.8 Å². The maximum Gasteiger partial charge on any atom is 0.319 e. The number of carbonyl (C=O) groups is 1. The van der Waals surface area contributed by atoms with E-state index in [0.29, 0.717) is 23.6 Å². The van der Waals surface area contributed by atoms with Crippen LogP contribution in [0.4, 0.5) is 14.9 Å². The Morgan fingerprint density at radius 2 is 2.15 bits per heavy atom. The number of benzene rings is 1. The molecule has 4 N–H and O–H groups in total. The van der Waals surface area contributed by atoms with E-state index in [0.717, 1.165) is 16.7 Å². The number of hydrogen-bond donors (Lipinski definition) is 3. The van der Waals surface area contributed by atoms with Crippen molar-refractivity contribution in [3.8, 4) is 5.75 Å². The van der Waals surface area contributed by atoms with E-state index in [9.17, 15) is 22.7 Å². The van der Waals surface area contributed by atoms with Crippen molar-refractivity contribution < 1.29 is 27.4 Å². The molecule has 0 bridgehead atoms. The van der Waals surface area contributed by atoms with Crippen LogP contribution in [-0.4, -0.2) is 60.3 Å².